The Morgan fingerprint density at radius 3 is 2.74 bits per heavy atom. The minimum absolute atomic E-state index is 0.375. The van der Waals surface area contributed by atoms with Gasteiger partial charge >= 0.3 is 0 Å². The molecule has 1 aliphatic heterocycles. The highest BCUT2D eigenvalue weighted by molar-refractivity contribution is 9.10. The fourth-order valence-electron chi connectivity index (χ4n) is 2.12. The van der Waals surface area contributed by atoms with Crippen LogP contribution in [0.15, 0.2) is 17.3 Å². The molecule has 0 spiro atoms. The molecule has 1 aliphatic rings. The number of hydrogen-bond donors (Lipinski definition) is 3. The highest BCUT2D eigenvalue weighted by Gasteiger charge is 2.43. The number of rotatable bonds is 2. The lowest BCUT2D eigenvalue weighted by atomic mass is 10.1. The second-order valence-electron chi connectivity index (χ2n) is 4.22. The van der Waals surface area contributed by atoms with E-state index in [2.05, 4.69) is 30.9 Å². The minimum Gasteiger partial charge on any atom is -0.394 e. The van der Waals surface area contributed by atoms with E-state index in [1.54, 1.807) is 0 Å². The molecule has 9 heteroatoms. The molecular formula is C10H11BrN4O4. The molecule has 2 aromatic heterocycles. The van der Waals surface area contributed by atoms with E-state index in [0.717, 1.165) is 0 Å². The Bertz CT molecular complexity index is 606. The van der Waals surface area contributed by atoms with E-state index in [1.807, 2.05) is 0 Å². The number of aliphatic hydroxyl groups excluding tert-OH is 3. The van der Waals surface area contributed by atoms with Crippen LogP contribution in [0.2, 0.25) is 0 Å². The van der Waals surface area contributed by atoms with E-state index in [9.17, 15) is 10.2 Å². The predicted octanol–water partition coefficient (Wildman–Crippen LogP) is -0.800. The lowest BCUT2D eigenvalue weighted by Gasteiger charge is -2.16. The van der Waals surface area contributed by atoms with Crippen LogP contribution in [-0.2, 0) is 4.74 Å². The van der Waals surface area contributed by atoms with Crippen LogP contribution in [-0.4, -0.2) is 59.8 Å². The summed E-state index contributed by atoms with van der Waals surface area (Å²) in [6, 6.07) is 0. The van der Waals surface area contributed by atoms with Gasteiger partial charge in [-0.25, -0.2) is 15.0 Å². The highest BCUT2D eigenvalue weighted by atomic mass is 79.9. The zero-order valence-electron chi connectivity index (χ0n) is 9.59. The molecule has 0 aromatic carbocycles. The summed E-state index contributed by atoms with van der Waals surface area (Å²) in [5.74, 6) is 0. The number of imidazole rings is 1. The normalized spacial score (nSPS) is 31.2. The highest BCUT2D eigenvalue weighted by Crippen LogP contribution is 2.31. The van der Waals surface area contributed by atoms with Crippen molar-refractivity contribution < 1.29 is 20.1 Å². The molecule has 2 aromatic rings. The van der Waals surface area contributed by atoms with Gasteiger partial charge in [-0.1, -0.05) is 0 Å². The van der Waals surface area contributed by atoms with Crippen molar-refractivity contribution in [3.05, 3.63) is 17.3 Å². The summed E-state index contributed by atoms with van der Waals surface area (Å²) in [6.45, 7) is -0.375. The zero-order valence-corrected chi connectivity index (χ0v) is 11.2. The van der Waals surface area contributed by atoms with Crippen LogP contribution in [0.4, 0.5) is 0 Å². The van der Waals surface area contributed by atoms with Gasteiger partial charge in [-0.05, 0) is 15.9 Å². The molecule has 0 saturated carbocycles. The first-order valence-electron chi connectivity index (χ1n) is 5.59. The minimum atomic E-state index is -1.16. The number of hydrogen-bond acceptors (Lipinski definition) is 7. The third-order valence-electron chi connectivity index (χ3n) is 3.11. The monoisotopic (exact) mass is 330 g/mol. The van der Waals surface area contributed by atoms with Crippen LogP contribution in [0.3, 0.4) is 0 Å². The molecule has 3 rings (SSSR count). The van der Waals surface area contributed by atoms with E-state index < -0.39 is 24.5 Å². The van der Waals surface area contributed by atoms with Gasteiger partial charge in [0.1, 0.15) is 34.8 Å². The van der Waals surface area contributed by atoms with Gasteiger partial charge < -0.3 is 20.1 Å². The number of nitrogens with zero attached hydrogens (tertiary/aromatic N) is 4. The van der Waals surface area contributed by atoms with Crippen molar-refractivity contribution in [3.8, 4) is 0 Å². The zero-order chi connectivity index (χ0) is 13.6. The Labute approximate surface area is 115 Å². The summed E-state index contributed by atoms with van der Waals surface area (Å²) in [4.78, 5) is 12.2. The summed E-state index contributed by atoms with van der Waals surface area (Å²) in [5.41, 5.74) is 0.997. The molecule has 4 unspecified atom stereocenters. The second kappa shape index (κ2) is 4.76. The third kappa shape index (κ3) is 1.94. The SMILES string of the molecule is OCC1OC(n2cnc3c(Br)ncnc32)C(O)C1O. The maximum Gasteiger partial charge on any atom is 0.166 e. The van der Waals surface area contributed by atoms with Crippen LogP contribution in [0, 0.1) is 0 Å². The average molecular weight is 331 g/mol. The van der Waals surface area contributed by atoms with E-state index in [1.165, 1.54) is 17.2 Å². The van der Waals surface area contributed by atoms with Crippen molar-refractivity contribution in [2.24, 2.45) is 0 Å². The average Bonchev–Trinajstić information content (AvgIpc) is 2.94. The second-order valence-corrected chi connectivity index (χ2v) is 4.97. The van der Waals surface area contributed by atoms with Gasteiger partial charge in [0, 0.05) is 0 Å². The number of ether oxygens (including phenoxy) is 1. The number of aromatic nitrogens is 4. The van der Waals surface area contributed by atoms with E-state index in [0.29, 0.717) is 15.8 Å². The van der Waals surface area contributed by atoms with E-state index >= 15 is 0 Å². The van der Waals surface area contributed by atoms with E-state index in [4.69, 9.17) is 9.84 Å². The first kappa shape index (κ1) is 12.9. The lowest BCUT2D eigenvalue weighted by molar-refractivity contribution is -0.0511. The van der Waals surface area contributed by atoms with Gasteiger partial charge in [0.2, 0.25) is 0 Å². The molecule has 0 radical (unpaired) electrons. The third-order valence-corrected chi connectivity index (χ3v) is 3.69. The molecule has 8 nitrogen and oxygen atoms in total. The van der Waals surface area contributed by atoms with Crippen LogP contribution < -0.4 is 0 Å². The van der Waals surface area contributed by atoms with Gasteiger partial charge in [-0.15, -0.1) is 0 Å². The number of aliphatic hydroxyl groups is 3. The Kier molecular flexibility index (Phi) is 3.23. The van der Waals surface area contributed by atoms with Crippen LogP contribution >= 0.6 is 15.9 Å². The maximum absolute atomic E-state index is 9.97. The standard InChI is InChI=1S/C10H11BrN4O4/c11-8-5-9(13-2-12-8)15(3-14-5)10-7(18)6(17)4(1-16)19-10/h2-4,6-7,10,16-18H,1H2. The van der Waals surface area contributed by atoms with Crippen molar-refractivity contribution in [3.63, 3.8) is 0 Å². The largest absolute Gasteiger partial charge is 0.394 e. The van der Waals surface area contributed by atoms with Gasteiger partial charge in [0.25, 0.3) is 0 Å². The van der Waals surface area contributed by atoms with Gasteiger partial charge in [-0.2, -0.15) is 0 Å². The fraction of sp³-hybridized carbons (Fsp3) is 0.500. The molecule has 0 amide bonds. The quantitative estimate of drug-likeness (QED) is 0.618. The van der Waals surface area contributed by atoms with Crippen molar-refractivity contribution >= 4 is 27.1 Å². The van der Waals surface area contributed by atoms with Crippen molar-refractivity contribution in [1.29, 1.82) is 0 Å². The molecule has 19 heavy (non-hydrogen) atoms. The summed E-state index contributed by atoms with van der Waals surface area (Å²) < 4.78 is 7.46. The molecule has 0 bridgehead atoms. The molecular weight excluding hydrogens is 320 g/mol. The number of fused-ring (bicyclic) bond motifs is 1. The van der Waals surface area contributed by atoms with E-state index in [-0.39, 0.29) is 6.61 Å². The Balaban J connectivity index is 2.04. The fourth-order valence-corrected chi connectivity index (χ4v) is 2.49. The maximum atomic E-state index is 9.97. The topological polar surface area (TPSA) is 114 Å². The smallest absolute Gasteiger partial charge is 0.166 e. The first-order chi connectivity index (χ1) is 9.13. The lowest BCUT2D eigenvalue weighted by Crippen LogP contribution is -2.33. The van der Waals surface area contributed by atoms with Crippen molar-refractivity contribution in [2.45, 2.75) is 24.5 Å². The number of halogens is 1. The summed E-state index contributed by atoms with van der Waals surface area (Å²) in [5, 5.41) is 28.8. The molecule has 3 heterocycles. The van der Waals surface area contributed by atoms with Crippen molar-refractivity contribution in [2.75, 3.05) is 6.61 Å². The van der Waals surface area contributed by atoms with Crippen LogP contribution in [0.5, 0.6) is 0 Å². The van der Waals surface area contributed by atoms with Crippen molar-refractivity contribution in [1.82, 2.24) is 19.5 Å². The molecule has 3 N–H and O–H groups in total. The molecule has 1 fully saturated rings. The molecule has 1 saturated heterocycles. The summed E-state index contributed by atoms with van der Waals surface area (Å²) in [7, 11) is 0. The predicted molar refractivity (Wildman–Crippen MR) is 66.0 cm³/mol. The van der Waals surface area contributed by atoms with Crippen LogP contribution in [0.1, 0.15) is 6.23 Å². The summed E-state index contributed by atoms with van der Waals surface area (Å²) in [6.07, 6.45) is -1.20. The van der Waals surface area contributed by atoms with Gasteiger partial charge in [0.15, 0.2) is 11.9 Å². The van der Waals surface area contributed by atoms with Crippen LogP contribution in [0.25, 0.3) is 11.2 Å². The molecule has 4 atom stereocenters. The Hall–Kier alpha value is -1.13. The Morgan fingerprint density at radius 2 is 2.05 bits per heavy atom. The van der Waals surface area contributed by atoms with Gasteiger partial charge in [0.05, 0.1) is 12.9 Å². The van der Waals surface area contributed by atoms with Gasteiger partial charge in [-0.3, -0.25) is 4.57 Å². The first-order valence-corrected chi connectivity index (χ1v) is 6.38. The summed E-state index contributed by atoms with van der Waals surface area (Å²) >= 11 is 3.25. The Morgan fingerprint density at radius 1 is 1.26 bits per heavy atom. The molecule has 0 aliphatic carbocycles. The molecule has 102 valence electrons.